The van der Waals surface area contributed by atoms with Gasteiger partial charge >= 0.3 is 0 Å². The van der Waals surface area contributed by atoms with Crippen LogP contribution >= 0.6 is 11.6 Å². The lowest BCUT2D eigenvalue weighted by Gasteiger charge is -2.24. The Morgan fingerprint density at radius 1 is 1.34 bits per heavy atom. The second kappa shape index (κ2) is 8.30. The van der Waals surface area contributed by atoms with Crippen molar-refractivity contribution in [3.63, 3.8) is 0 Å². The average Bonchev–Trinajstić information content (AvgIpc) is 2.94. The number of carbonyl (C=O) groups is 1. The molecule has 0 aromatic carbocycles. The van der Waals surface area contributed by atoms with Crippen molar-refractivity contribution in [3.05, 3.63) is 35.5 Å². The van der Waals surface area contributed by atoms with Crippen LogP contribution in [0.1, 0.15) is 13.3 Å². The fourth-order valence-electron chi connectivity index (χ4n) is 3.27. The molecule has 0 saturated carbocycles. The van der Waals surface area contributed by atoms with Crippen LogP contribution in [0.25, 0.3) is 22.4 Å². The Morgan fingerprint density at radius 2 is 2.21 bits per heavy atom. The Hall–Kier alpha value is -2.78. The van der Waals surface area contributed by atoms with Gasteiger partial charge in [0.15, 0.2) is 17.5 Å². The van der Waals surface area contributed by atoms with Gasteiger partial charge in [-0.15, -0.1) is 0 Å². The highest BCUT2D eigenvalue weighted by atomic mass is 35.5. The lowest BCUT2D eigenvalue weighted by atomic mass is 10.2. The number of rotatable bonds is 4. The molecule has 0 aliphatic carbocycles. The Bertz CT molecular complexity index is 1030. The summed E-state index contributed by atoms with van der Waals surface area (Å²) in [7, 11) is 0. The molecule has 10 heteroatoms. The van der Waals surface area contributed by atoms with Crippen LogP contribution < -0.4 is 5.32 Å². The van der Waals surface area contributed by atoms with Crippen molar-refractivity contribution in [2.24, 2.45) is 0 Å². The molecule has 1 atom stereocenters. The van der Waals surface area contributed by atoms with E-state index in [1.807, 2.05) is 0 Å². The molecule has 3 aromatic heterocycles. The molecule has 1 fully saturated rings. The van der Waals surface area contributed by atoms with E-state index in [1.54, 1.807) is 24.1 Å². The van der Waals surface area contributed by atoms with Gasteiger partial charge in [0.25, 0.3) is 0 Å². The van der Waals surface area contributed by atoms with E-state index in [9.17, 15) is 9.18 Å². The normalized spacial score (nSPS) is 15.9. The molecule has 29 heavy (non-hydrogen) atoms. The fraction of sp³-hybridized carbons (Fsp3) is 0.368. The maximum absolute atomic E-state index is 14.3. The van der Waals surface area contributed by atoms with Crippen LogP contribution in [0, 0.1) is 5.82 Å². The predicted octanol–water partition coefficient (Wildman–Crippen LogP) is 2.86. The smallest absolute Gasteiger partial charge is 0.244 e. The number of fused-ring (bicyclic) bond motifs is 1. The van der Waals surface area contributed by atoms with Crippen LogP contribution in [0.15, 0.2) is 24.7 Å². The third kappa shape index (κ3) is 4.15. The standard InChI is InChI=1S/C19H20ClFN6O2/c1-11(19(28)27-3-2-5-29-6-4-27)25-18-15(21)10-24-17(26-18)14-9-23-16-13(14)7-12(20)8-22-16/h7-11H,2-6H2,1H3,(H,22,23)(H,24,25,26)/t11-/m0/s1. The zero-order valence-electron chi connectivity index (χ0n) is 15.8. The molecule has 0 bridgehead atoms. The molecule has 1 saturated heterocycles. The summed E-state index contributed by atoms with van der Waals surface area (Å²) in [5, 5.41) is 4.08. The quantitative estimate of drug-likeness (QED) is 0.676. The van der Waals surface area contributed by atoms with E-state index in [2.05, 4.69) is 25.3 Å². The number of amides is 1. The van der Waals surface area contributed by atoms with Gasteiger partial charge in [-0.3, -0.25) is 4.79 Å². The van der Waals surface area contributed by atoms with Gasteiger partial charge in [-0.2, -0.15) is 0 Å². The molecule has 1 aliphatic rings. The van der Waals surface area contributed by atoms with Gasteiger partial charge < -0.3 is 19.9 Å². The maximum Gasteiger partial charge on any atom is 0.244 e. The Labute approximate surface area is 171 Å². The molecule has 2 N–H and O–H groups in total. The van der Waals surface area contributed by atoms with Crippen molar-refractivity contribution in [2.45, 2.75) is 19.4 Å². The third-order valence-electron chi connectivity index (χ3n) is 4.74. The molecule has 4 rings (SSSR count). The molecule has 1 amide bonds. The first kappa shape index (κ1) is 19.5. The number of anilines is 1. The van der Waals surface area contributed by atoms with Gasteiger partial charge in [0.1, 0.15) is 11.7 Å². The molecular formula is C19H20ClFN6O2. The van der Waals surface area contributed by atoms with Crippen molar-refractivity contribution < 1.29 is 13.9 Å². The SMILES string of the molecule is C[C@H](Nc1nc(-c2c[nH]c3ncc(Cl)cc23)ncc1F)C(=O)N1CCCOCC1. The first-order valence-corrected chi connectivity index (χ1v) is 9.69. The first-order chi connectivity index (χ1) is 14.0. The molecule has 0 radical (unpaired) electrons. The Kier molecular flexibility index (Phi) is 5.59. The third-order valence-corrected chi connectivity index (χ3v) is 4.95. The summed E-state index contributed by atoms with van der Waals surface area (Å²) < 4.78 is 19.7. The molecule has 1 aliphatic heterocycles. The number of H-pyrrole nitrogens is 1. The maximum atomic E-state index is 14.3. The highest BCUT2D eigenvalue weighted by molar-refractivity contribution is 6.31. The number of aromatic amines is 1. The topological polar surface area (TPSA) is 96.0 Å². The van der Waals surface area contributed by atoms with Crippen LogP contribution in [0.4, 0.5) is 10.2 Å². The van der Waals surface area contributed by atoms with E-state index >= 15 is 0 Å². The molecule has 3 aromatic rings. The van der Waals surface area contributed by atoms with Gasteiger partial charge in [-0.05, 0) is 19.4 Å². The zero-order valence-corrected chi connectivity index (χ0v) is 16.5. The molecule has 4 heterocycles. The molecule has 152 valence electrons. The fourth-order valence-corrected chi connectivity index (χ4v) is 3.43. The number of pyridine rings is 1. The van der Waals surface area contributed by atoms with Crippen molar-refractivity contribution >= 4 is 34.4 Å². The highest BCUT2D eigenvalue weighted by Gasteiger charge is 2.23. The monoisotopic (exact) mass is 418 g/mol. The second-order valence-electron chi connectivity index (χ2n) is 6.80. The number of carbonyl (C=O) groups excluding carboxylic acids is 1. The van der Waals surface area contributed by atoms with Crippen molar-refractivity contribution in [1.29, 1.82) is 0 Å². The van der Waals surface area contributed by atoms with E-state index < -0.39 is 11.9 Å². The summed E-state index contributed by atoms with van der Waals surface area (Å²) in [6.07, 6.45) is 5.08. The van der Waals surface area contributed by atoms with Crippen LogP contribution in [0.3, 0.4) is 0 Å². The lowest BCUT2D eigenvalue weighted by Crippen LogP contribution is -2.42. The zero-order chi connectivity index (χ0) is 20.4. The number of nitrogens with one attached hydrogen (secondary N) is 2. The number of hydrogen-bond donors (Lipinski definition) is 2. The lowest BCUT2D eigenvalue weighted by molar-refractivity contribution is -0.131. The summed E-state index contributed by atoms with van der Waals surface area (Å²) in [6.45, 7) is 3.96. The number of halogens is 2. The van der Waals surface area contributed by atoms with E-state index in [1.165, 1.54) is 6.20 Å². The van der Waals surface area contributed by atoms with Gasteiger partial charge in [-0.25, -0.2) is 19.3 Å². The van der Waals surface area contributed by atoms with Crippen LogP contribution in [0.2, 0.25) is 5.02 Å². The molecule has 0 spiro atoms. The minimum absolute atomic E-state index is 0.0359. The first-order valence-electron chi connectivity index (χ1n) is 9.31. The molecular weight excluding hydrogens is 399 g/mol. The summed E-state index contributed by atoms with van der Waals surface area (Å²) in [5.74, 6) is -0.500. The average molecular weight is 419 g/mol. The second-order valence-corrected chi connectivity index (χ2v) is 7.24. The number of aromatic nitrogens is 4. The largest absolute Gasteiger partial charge is 0.380 e. The van der Waals surface area contributed by atoms with E-state index in [0.29, 0.717) is 48.4 Å². The van der Waals surface area contributed by atoms with Crippen molar-refractivity contribution in [2.75, 3.05) is 31.6 Å². The predicted molar refractivity (Wildman–Crippen MR) is 107 cm³/mol. The van der Waals surface area contributed by atoms with Crippen LogP contribution in [0.5, 0.6) is 0 Å². The van der Waals surface area contributed by atoms with E-state index in [0.717, 1.165) is 18.0 Å². The summed E-state index contributed by atoms with van der Waals surface area (Å²) in [6, 6.07) is 1.09. The number of ether oxygens (including phenoxy) is 1. The number of nitrogens with zero attached hydrogens (tertiary/aromatic N) is 4. The van der Waals surface area contributed by atoms with Gasteiger partial charge in [0.2, 0.25) is 5.91 Å². The summed E-state index contributed by atoms with van der Waals surface area (Å²) in [5.41, 5.74) is 1.26. The van der Waals surface area contributed by atoms with Gasteiger partial charge in [0, 0.05) is 43.0 Å². The summed E-state index contributed by atoms with van der Waals surface area (Å²) in [4.78, 5) is 30.0. The van der Waals surface area contributed by atoms with Gasteiger partial charge in [-0.1, -0.05) is 11.6 Å². The van der Waals surface area contributed by atoms with E-state index in [-0.39, 0.29) is 11.7 Å². The van der Waals surface area contributed by atoms with E-state index in [4.69, 9.17) is 16.3 Å². The number of hydrogen-bond acceptors (Lipinski definition) is 6. The van der Waals surface area contributed by atoms with Crippen LogP contribution in [-0.2, 0) is 9.53 Å². The Morgan fingerprint density at radius 3 is 3.07 bits per heavy atom. The van der Waals surface area contributed by atoms with Gasteiger partial charge in [0.05, 0.1) is 17.8 Å². The minimum atomic E-state index is -0.649. The summed E-state index contributed by atoms with van der Waals surface area (Å²) >= 11 is 6.04. The molecule has 0 unspecified atom stereocenters. The minimum Gasteiger partial charge on any atom is -0.380 e. The van der Waals surface area contributed by atoms with Crippen LogP contribution in [-0.4, -0.2) is 63.1 Å². The van der Waals surface area contributed by atoms with Crippen molar-refractivity contribution in [3.8, 4) is 11.4 Å². The highest BCUT2D eigenvalue weighted by Crippen LogP contribution is 2.28. The molecule has 8 nitrogen and oxygen atoms in total. The van der Waals surface area contributed by atoms with Crippen molar-refractivity contribution in [1.82, 2.24) is 24.8 Å². The Balaban J connectivity index is 1.58.